The molecule has 0 radical (unpaired) electrons. The molecule has 4 aliphatic rings. The van der Waals surface area contributed by atoms with E-state index < -0.39 is 29.1 Å². The summed E-state index contributed by atoms with van der Waals surface area (Å²) in [6.45, 7) is 38.5. The van der Waals surface area contributed by atoms with Gasteiger partial charge in [-0.2, -0.15) is 0 Å². The van der Waals surface area contributed by atoms with Crippen molar-refractivity contribution in [3.63, 3.8) is 0 Å². The van der Waals surface area contributed by atoms with Crippen LogP contribution in [0.5, 0.6) is 17.2 Å². The van der Waals surface area contributed by atoms with Crippen LogP contribution in [0.3, 0.4) is 0 Å². The van der Waals surface area contributed by atoms with Crippen molar-refractivity contribution >= 4 is 65.0 Å². The molecule has 4 aliphatic carbocycles. The number of aromatic nitrogens is 1. The van der Waals surface area contributed by atoms with E-state index in [1.807, 2.05) is 41.9 Å². The molecule has 6 atom stereocenters. The van der Waals surface area contributed by atoms with E-state index in [9.17, 15) is 34.5 Å². The molecule has 1 aromatic heterocycles. The van der Waals surface area contributed by atoms with Crippen molar-refractivity contribution in [2.45, 2.75) is 313 Å². The minimum absolute atomic E-state index is 0.114. The molecule has 0 aliphatic heterocycles. The number of nitrogens with zero attached hydrogens (tertiary/aromatic N) is 1. The van der Waals surface area contributed by atoms with Crippen molar-refractivity contribution in [2.75, 3.05) is 6.54 Å². The second-order valence-corrected chi connectivity index (χ2v) is 39.4. The average molecular weight is 1500 g/mol. The fourth-order valence-electron chi connectivity index (χ4n) is 15.8. The Kier molecular flexibility index (Phi) is 30.6. The number of carboxylic acid groups (broad SMARTS) is 3. The summed E-state index contributed by atoms with van der Waals surface area (Å²) in [6.07, 6.45) is 32.2. The molecule has 1 heterocycles. The predicted octanol–water partition coefficient (Wildman–Crippen LogP) is 22.3. The van der Waals surface area contributed by atoms with Crippen LogP contribution in [0, 0.1) is 40.9 Å². The van der Waals surface area contributed by atoms with Gasteiger partial charge in [-0.25, -0.2) is 4.79 Å². The van der Waals surface area contributed by atoms with Gasteiger partial charge in [0, 0.05) is 73.0 Å². The normalized spacial score (nSPS) is 20.6. The number of ether oxygens (including phenoxy) is 1. The summed E-state index contributed by atoms with van der Waals surface area (Å²) in [5, 5.41) is 66.8. The van der Waals surface area contributed by atoms with Crippen LogP contribution < -0.4 is 10.1 Å². The second kappa shape index (κ2) is 36.7. The number of rotatable bonds is 26. The minimum Gasteiger partial charge on any atom is -0.507 e. The molecular weight excluding hydrogens is 1380 g/mol. The summed E-state index contributed by atoms with van der Waals surface area (Å²) in [5.74, 6) is 4.41. The van der Waals surface area contributed by atoms with Crippen LogP contribution in [0.25, 0.3) is 6.08 Å². The van der Waals surface area contributed by atoms with Gasteiger partial charge >= 0.3 is 17.9 Å². The summed E-state index contributed by atoms with van der Waals surface area (Å²) >= 11 is 9.46. The highest BCUT2D eigenvalue weighted by atomic mass is 35.5. The van der Waals surface area contributed by atoms with Crippen molar-refractivity contribution in [1.82, 2.24) is 10.5 Å². The fourth-order valence-corrected chi connectivity index (χ4v) is 18.5. The minimum atomic E-state index is -1.28. The number of aliphatic hydroxyl groups is 1. The summed E-state index contributed by atoms with van der Waals surface area (Å²) in [4.78, 5) is 46.0. The number of hydrogen-bond donors (Lipinski definition) is 7. The summed E-state index contributed by atoms with van der Waals surface area (Å²) in [5.41, 5.74) is 5.61. The smallest absolute Gasteiger partial charge is 0.347 e. The van der Waals surface area contributed by atoms with Gasteiger partial charge in [0.05, 0.1) is 10.3 Å². The van der Waals surface area contributed by atoms with E-state index in [0.29, 0.717) is 71.4 Å². The highest BCUT2D eigenvalue weighted by Gasteiger charge is 2.64. The number of fused-ring (bicyclic) bond motifs is 6. The summed E-state index contributed by atoms with van der Waals surface area (Å²) < 4.78 is 10.7. The third kappa shape index (κ3) is 24.3. The van der Waals surface area contributed by atoms with Crippen LogP contribution in [0.4, 0.5) is 0 Å². The molecule has 105 heavy (non-hydrogen) atoms. The molecular formula is C88H125ClN2O12S2. The molecule has 9 rings (SSSR count). The van der Waals surface area contributed by atoms with Crippen LogP contribution >= 0.6 is 35.1 Å². The lowest BCUT2D eigenvalue weighted by Crippen LogP contribution is -2.54. The van der Waals surface area contributed by atoms with Crippen LogP contribution in [-0.2, 0) is 48.9 Å². The van der Waals surface area contributed by atoms with Gasteiger partial charge in [-0.3, -0.25) is 14.4 Å². The van der Waals surface area contributed by atoms with Gasteiger partial charge in [-0.05, 0) is 209 Å². The highest BCUT2D eigenvalue weighted by Crippen LogP contribution is 2.67. The number of benzene rings is 4. The van der Waals surface area contributed by atoms with Crippen molar-refractivity contribution in [3.05, 3.63) is 134 Å². The van der Waals surface area contributed by atoms with E-state index in [1.54, 1.807) is 42.0 Å². The maximum atomic E-state index is 12.0. The number of carbonyl (C=O) groups excluding carboxylic acids is 1. The van der Waals surface area contributed by atoms with Crippen molar-refractivity contribution < 1.29 is 59.1 Å². The lowest BCUT2D eigenvalue weighted by molar-refractivity contribution is -0.152. The number of unbranched alkanes of at least 4 members (excludes halogenated alkanes) is 11. The molecule has 3 saturated carbocycles. The lowest BCUT2D eigenvalue weighted by atomic mass is 9.46. The molecule has 14 nitrogen and oxygen atoms in total. The first kappa shape index (κ1) is 87.5. The SMILES string of the molecule is C#C[C@]1(O)CC[C@H]2[C@@H]3CCC4=Cc5oncc5C[C@]4(C)[C@H]3CC[C@@]21C.CC(C)(Oc1ccc(CCNC(=O)c2ccc(Cl)cc2)cc1)C(=O)O.CC(C)(Sc1cc(C(C)(C)C)c(O)c(C(C)(C)C)c1)Sc1cc(C(C)(C)C)c(O)c(C(C)(C)C)c1.O=C(O)CCCCCCCCCCCCCCC(=O)O. The van der Waals surface area contributed by atoms with E-state index in [0.717, 1.165) is 111 Å². The number of phenols is 2. The molecule has 0 saturated heterocycles. The van der Waals surface area contributed by atoms with Crippen LogP contribution in [-0.4, -0.2) is 81.4 Å². The van der Waals surface area contributed by atoms with Crippen LogP contribution in [0.2, 0.25) is 5.02 Å². The summed E-state index contributed by atoms with van der Waals surface area (Å²) in [7, 11) is 0. The van der Waals surface area contributed by atoms with Gasteiger partial charge in [0.1, 0.15) is 22.8 Å². The number of terminal acetylenes is 1. The van der Waals surface area contributed by atoms with E-state index >= 15 is 0 Å². The Balaban J connectivity index is 0.000000224. The number of carboxylic acids is 3. The fraction of sp³-hybridized carbons (Fsp3) is 0.602. The number of allylic oxidation sites excluding steroid dienone is 1. The lowest BCUT2D eigenvalue weighted by Gasteiger charge is -2.58. The third-order valence-corrected chi connectivity index (χ3v) is 24.6. The Hall–Kier alpha value is -6.38. The first-order valence-corrected chi connectivity index (χ1v) is 40.2. The standard InChI is InChI=1S/C31H48O2S2.C22H27NO2.C19H20ClNO4.C16H30O4/c1-27(2,3)21-15-19(16-22(25(21)32)28(4,5)6)34-31(13,14)35-20-17-23(29(7,8)9)26(33)24(18-20)30(10,11)12;1-4-22(24)10-8-18-16-6-5-15-11-19-14(13-23-25-19)12-20(15,2)17(16)7-9-21(18,22)3;1-19(2,18(23)24)25-16-9-3-13(4-10-16)11-12-21-17(22)14-5-7-15(20)8-6-14;17-15(18)13-11-9-7-5-3-1-2-4-6-8-10-12-14-16(19)20/h15-18,32-33H,1-14H3;1,11,13,16-18,24H,5-10,12H2,2-3H3;3-10H,11-12H2,1-2H3,(H,21,22)(H,23,24);1-14H2,(H,17,18)(H,19,20)/t;16-,17+,18+,20+,21+,22+;;/m.1../s1. The molecule has 578 valence electrons. The molecule has 1 amide bonds. The average Bonchev–Trinajstić information content (AvgIpc) is 1.62. The zero-order valence-corrected chi connectivity index (χ0v) is 68.8. The van der Waals surface area contributed by atoms with Gasteiger partial charge in [-0.1, -0.05) is 202 Å². The van der Waals surface area contributed by atoms with Crippen LogP contribution in [0.15, 0.2) is 98.9 Å². The number of amides is 1. The number of aliphatic carboxylic acids is 3. The number of nitrogens with one attached hydrogen (secondary N) is 1. The molecule has 0 bridgehead atoms. The first-order chi connectivity index (χ1) is 48.7. The zero-order valence-electron chi connectivity index (χ0n) is 66.4. The van der Waals surface area contributed by atoms with Gasteiger partial charge in [0.15, 0.2) is 11.4 Å². The number of phenolic OH excluding ortho intramolecular Hbond substituents is 2. The van der Waals surface area contributed by atoms with Gasteiger partial charge in [-0.15, -0.1) is 29.9 Å². The molecule has 5 aromatic rings. The number of carbonyl (C=O) groups is 4. The van der Waals surface area contributed by atoms with E-state index in [-0.39, 0.29) is 42.5 Å². The van der Waals surface area contributed by atoms with Gasteiger partial charge < -0.3 is 45.2 Å². The zero-order chi connectivity index (χ0) is 78.3. The van der Waals surface area contributed by atoms with Crippen molar-refractivity contribution in [1.29, 1.82) is 0 Å². The topological polar surface area (TPSA) is 237 Å². The maximum absolute atomic E-state index is 12.0. The number of hydrogen-bond acceptors (Lipinski definition) is 12. The third-order valence-electron chi connectivity index (χ3n) is 21.9. The van der Waals surface area contributed by atoms with Gasteiger partial charge in [0.2, 0.25) is 0 Å². The Morgan fingerprint density at radius 3 is 1.49 bits per heavy atom. The highest BCUT2D eigenvalue weighted by molar-refractivity contribution is 8.18. The van der Waals surface area contributed by atoms with Crippen LogP contribution in [0.1, 0.15) is 303 Å². The summed E-state index contributed by atoms with van der Waals surface area (Å²) in [6, 6.07) is 22.5. The number of halogens is 1. The Bertz CT molecular complexity index is 3620. The quantitative estimate of drug-likeness (QED) is 0.0118. The predicted molar refractivity (Wildman–Crippen MR) is 429 cm³/mol. The molecule has 3 fully saturated rings. The molecule has 17 heteroatoms. The Labute approximate surface area is 642 Å². The van der Waals surface area contributed by atoms with Gasteiger partial charge in [0.25, 0.3) is 5.91 Å². The number of aromatic hydroxyl groups is 2. The van der Waals surface area contributed by atoms with E-state index in [2.05, 4.69) is 158 Å². The molecule has 4 aromatic carbocycles. The molecule has 0 spiro atoms. The second-order valence-electron chi connectivity index (χ2n) is 35.3. The Morgan fingerprint density at radius 2 is 1.07 bits per heavy atom. The largest absolute Gasteiger partial charge is 0.507 e. The molecule has 7 N–H and O–H groups in total. The van der Waals surface area contributed by atoms with E-state index in [4.69, 9.17) is 42.6 Å². The van der Waals surface area contributed by atoms with E-state index in [1.165, 1.54) is 74.1 Å². The first-order valence-electron chi connectivity index (χ1n) is 38.2. The van der Waals surface area contributed by atoms with Crippen molar-refractivity contribution in [2.24, 2.45) is 28.6 Å². The maximum Gasteiger partial charge on any atom is 0.347 e. The number of thioether (sulfide) groups is 2. The monoisotopic (exact) mass is 1500 g/mol. The van der Waals surface area contributed by atoms with Crippen molar-refractivity contribution in [3.8, 4) is 29.6 Å². The Morgan fingerprint density at radius 1 is 0.629 bits per heavy atom. The molecule has 0 unspecified atom stereocenters.